The van der Waals surface area contributed by atoms with Crippen LogP contribution in [0.1, 0.15) is 6.92 Å². The van der Waals surface area contributed by atoms with E-state index >= 15 is 0 Å². The Balaban J connectivity index is 1.36. The van der Waals surface area contributed by atoms with Crippen LogP contribution < -0.4 is 24.3 Å². The van der Waals surface area contributed by atoms with Gasteiger partial charge >= 0.3 is 0 Å². The Morgan fingerprint density at radius 2 is 1.24 bits per heavy atom. The number of nitrogens with one attached hydrogen (secondary N) is 1. The molecule has 3 aromatic rings. The van der Waals surface area contributed by atoms with Crippen LogP contribution in [0.3, 0.4) is 0 Å². The molecule has 0 aliphatic rings. The Hall–Kier alpha value is -3.34. The summed E-state index contributed by atoms with van der Waals surface area (Å²) in [7, 11) is 1.65. The van der Waals surface area contributed by atoms with Crippen LogP contribution in [-0.4, -0.2) is 33.0 Å². The summed E-state index contributed by atoms with van der Waals surface area (Å²) in [4.78, 5) is 0. The van der Waals surface area contributed by atoms with Gasteiger partial charge in [-0.25, -0.2) is 0 Å². The number of ether oxygens (including phenoxy) is 4. The van der Waals surface area contributed by atoms with E-state index in [1.807, 2.05) is 85.8 Å². The standard InChI is InChI=1S/C24H27NO4/c1-19(29-24-14-12-21(26-2)13-15-24)18-25-20-8-10-23(11-9-20)28-17-16-27-22-6-4-3-5-7-22/h3-15,19,25H,16-18H2,1-2H3. The van der Waals surface area contributed by atoms with Gasteiger partial charge in [0.1, 0.15) is 42.3 Å². The third-order valence-electron chi connectivity index (χ3n) is 4.21. The number of hydrogen-bond donors (Lipinski definition) is 1. The summed E-state index contributed by atoms with van der Waals surface area (Å²) in [5, 5.41) is 3.37. The van der Waals surface area contributed by atoms with Gasteiger partial charge in [0.25, 0.3) is 0 Å². The summed E-state index contributed by atoms with van der Waals surface area (Å²) in [6, 6.07) is 25.2. The van der Waals surface area contributed by atoms with E-state index in [0.717, 1.165) is 28.7 Å². The highest BCUT2D eigenvalue weighted by molar-refractivity contribution is 5.46. The van der Waals surface area contributed by atoms with Gasteiger partial charge in [-0.1, -0.05) is 18.2 Å². The molecule has 1 N–H and O–H groups in total. The fraction of sp³-hybridized carbons (Fsp3) is 0.250. The van der Waals surface area contributed by atoms with Gasteiger partial charge in [0.2, 0.25) is 0 Å². The number of benzene rings is 3. The van der Waals surface area contributed by atoms with Crippen LogP contribution in [0, 0.1) is 0 Å². The van der Waals surface area contributed by atoms with Crippen molar-refractivity contribution in [1.82, 2.24) is 0 Å². The highest BCUT2D eigenvalue weighted by atomic mass is 16.5. The smallest absolute Gasteiger partial charge is 0.122 e. The van der Waals surface area contributed by atoms with E-state index in [4.69, 9.17) is 18.9 Å². The minimum Gasteiger partial charge on any atom is -0.497 e. The Morgan fingerprint density at radius 1 is 0.690 bits per heavy atom. The monoisotopic (exact) mass is 393 g/mol. The zero-order valence-electron chi connectivity index (χ0n) is 16.8. The molecule has 0 saturated heterocycles. The molecule has 3 aromatic carbocycles. The molecule has 1 unspecified atom stereocenters. The summed E-state index contributed by atoms with van der Waals surface area (Å²) in [6.45, 7) is 3.72. The molecule has 0 aliphatic carbocycles. The molecule has 0 heterocycles. The van der Waals surface area contributed by atoms with Crippen molar-refractivity contribution >= 4 is 5.69 Å². The van der Waals surface area contributed by atoms with Gasteiger partial charge in [-0.2, -0.15) is 0 Å². The Labute approximate surface area is 172 Å². The van der Waals surface area contributed by atoms with Crippen LogP contribution in [0.25, 0.3) is 0 Å². The van der Waals surface area contributed by atoms with Gasteiger partial charge < -0.3 is 24.3 Å². The molecule has 0 fully saturated rings. The van der Waals surface area contributed by atoms with E-state index in [9.17, 15) is 0 Å². The Bertz CT molecular complexity index is 835. The first-order valence-corrected chi connectivity index (χ1v) is 9.68. The molecule has 0 saturated carbocycles. The Kier molecular flexibility index (Phi) is 7.63. The highest BCUT2D eigenvalue weighted by Gasteiger charge is 2.05. The predicted molar refractivity (Wildman–Crippen MR) is 115 cm³/mol. The van der Waals surface area contributed by atoms with Crippen LogP contribution >= 0.6 is 0 Å². The lowest BCUT2D eigenvalue weighted by Gasteiger charge is -2.16. The highest BCUT2D eigenvalue weighted by Crippen LogP contribution is 2.19. The maximum absolute atomic E-state index is 5.90. The van der Waals surface area contributed by atoms with E-state index in [0.29, 0.717) is 19.8 Å². The van der Waals surface area contributed by atoms with Crippen LogP contribution in [0.4, 0.5) is 5.69 Å². The lowest BCUT2D eigenvalue weighted by molar-refractivity contribution is 0.217. The number of rotatable bonds is 11. The van der Waals surface area contributed by atoms with Crippen molar-refractivity contribution in [2.75, 3.05) is 32.2 Å². The topological polar surface area (TPSA) is 49.0 Å². The average Bonchev–Trinajstić information content (AvgIpc) is 2.77. The zero-order chi connectivity index (χ0) is 20.3. The summed E-state index contributed by atoms with van der Waals surface area (Å²) >= 11 is 0. The third kappa shape index (κ3) is 6.96. The van der Waals surface area contributed by atoms with E-state index in [1.54, 1.807) is 7.11 Å². The summed E-state index contributed by atoms with van der Waals surface area (Å²) < 4.78 is 22.4. The minimum atomic E-state index is 0.0226. The van der Waals surface area contributed by atoms with Gasteiger partial charge in [-0.15, -0.1) is 0 Å². The van der Waals surface area contributed by atoms with Gasteiger partial charge in [0.15, 0.2) is 0 Å². The molecule has 29 heavy (non-hydrogen) atoms. The summed E-state index contributed by atoms with van der Waals surface area (Å²) in [5.74, 6) is 3.30. The van der Waals surface area contributed by atoms with Crippen molar-refractivity contribution in [2.45, 2.75) is 13.0 Å². The maximum Gasteiger partial charge on any atom is 0.122 e. The molecule has 0 aliphatic heterocycles. The molecule has 0 spiro atoms. The van der Waals surface area contributed by atoms with Gasteiger partial charge in [0, 0.05) is 5.69 Å². The fourth-order valence-electron chi connectivity index (χ4n) is 2.69. The first-order valence-electron chi connectivity index (χ1n) is 9.68. The third-order valence-corrected chi connectivity index (χ3v) is 4.21. The molecule has 0 radical (unpaired) electrons. The second kappa shape index (κ2) is 10.9. The largest absolute Gasteiger partial charge is 0.497 e. The first-order chi connectivity index (χ1) is 14.2. The predicted octanol–water partition coefficient (Wildman–Crippen LogP) is 5.03. The second-order valence-electron chi connectivity index (χ2n) is 6.52. The van der Waals surface area contributed by atoms with E-state index in [2.05, 4.69) is 5.32 Å². The number of hydrogen-bond acceptors (Lipinski definition) is 5. The normalized spacial score (nSPS) is 11.4. The number of para-hydroxylation sites is 1. The molecular weight excluding hydrogens is 366 g/mol. The molecule has 0 amide bonds. The summed E-state index contributed by atoms with van der Waals surface area (Å²) in [5.41, 5.74) is 1.02. The van der Waals surface area contributed by atoms with Crippen LogP contribution in [0.2, 0.25) is 0 Å². The average molecular weight is 393 g/mol. The quantitative estimate of drug-likeness (QED) is 0.463. The molecule has 0 aromatic heterocycles. The molecule has 5 nitrogen and oxygen atoms in total. The van der Waals surface area contributed by atoms with Crippen molar-refractivity contribution in [2.24, 2.45) is 0 Å². The number of anilines is 1. The van der Waals surface area contributed by atoms with Crippen molar-refractivity contribution in [3.8, 4) is 23.0 Å². The molecule has 152 valence electrons. The van der Waals surface area contributed by atoms with Crippen LogP contribution in [0.5, 0.6) is 23.0 Å². The van der Waals surface area contributed by atoms with Crippen molar-refractivity contribution in [3.05, 3.63) is 78.9 Å². The van der Waals surface area contributed by atoms with E-state index < -0.39 is 0 Å². The van der Waals surface area contributed by atoms with Crippen molar-refractivity contribution < 1.29 is 18.9 Å². The molecule has 3 rings (SSSR count). The van der Waals surface area contributed by atoms with E-state index in [1.165, 1.54) is 0 Å². The van der Waals surface area contributed by atoms with Gasteiger partial charge in [-0.3, -0.25) is 0 Å². The van der Waals surface area contributed by atoms with Crippen molar-refractivity contribution in [1.29, 1.82) is 0 Å². The first kappa shape index (κ1) is 20.4. The van der Waals surface area contributed by atoms with Crippen LogP contribution in [-0.2, 0) is 0 Å². The van der Waals surface area contributed by atoms with Gasteiger partial charge in [0.05, 0.1) is 13.7 Å². The lowest BCUT2D eigenvalue weighted by Crippen LogP contribution is -2.22. The number of methoxy groups -OCH3 is 1. The van der Waals surface area contributed by atoms with Crippen molar-refractivity contribution in [3.63, 3.8) is 0 Å². The van der Waals surface area contributed by atoms with E-state index in [-0.39, 0.29) is 6.10 Å². The molecule has 5 heteroatoms. The van der Waals surface area contributed by atoms with Gasteiger partial charge in [-0.05, 0) is 67.6 Å². The molecule has 1 atom stereocenters. The van der Waals surface area contributed by atoms with Crippen LogP contribution in [0.15, 0.2) is 78.9 Å². The SMILES string of the molecule is COc1ccc(OC(C)CNc2ccc(OCCOc3ccccc3)cc2)cc1. The Morgan fingerprint density at radius 3 is 1.86 bits per heavy atom. The zero-order valence-corrected chi connectivity index (χ0v) is 16.8. The summed E-state index contributed by atoms with van der Waals surface area (Å²) in [6.07, 6.45) is 0.0226. The minimum absolute atomic E-state index is 0.0226. The maximum atomic E-state index is 5.90. The molecule has 0 bridgehead atoms. The lowest BCUT2D eigenvalue weighted by atomic mass is 10.3. The second-order valence-corrected chi connectivity index (χ2v) is 6.52. The fourth-order valence-corrected chi connectivity index (χ4v) is 2.69. The molecular formula is C24H27NO4.